The lowest BCUT2D eigenvalue weighted by atomic mass is 10.1. The van der Waals surface area contributed by atoms with Crippen molar-refractivity contribution in [3.05, 3.63) is 23.0 Å². The minimum atomic E-state index is -0.00741. The first kappa shape index (κ1) is 16.4. The van der Waals surface area contributed by atoms with Gasteiger partial charge in [-0.1, -0.05) is 0 Å². The molecule has 2 amide bonds. The van der Waals surface area contributed by atoms with E-state index >= 15 is 0 Å². The Morgan fingerprint density at radius 3 is 2.46 bits per heavy atom. The van der Waals surface area contributed by atoms with Crippen LogP contribution in [-0.2, 0) is 11.8 Å². The Bertz CT molecular complexity index is 811. The Kier molecular flexibility index (Phi) is 4.26. The van der Waals surface area contributed by atoms with Crippen molar-refractivity contribution in [3.63, 3.8) is 0 Å². The molecule has 3 heterocycles. The largest absolute Gasteiger partial charge is 0.341 e. The fraction of sp³-hybridized carbons (Fsp3) is 0.529. The van der Waals surface area contributed by atoms with Crippen LogP contribution in [-0.4, -0.2) is 62.6 Å². The zero-order valence-electron chi connectivity index (χ0n) is 14.7. The highest BCUT2D eigenvalue weighted by molar-refractivity contribution is 6.06. The molecule has 1 fully saturated rings. The van der Waals surface area contributed by atoms with Gasteiger partial charge in [-0.15, -0.1) is 0 Å². The molecule has 0 bridgehead atoms. The van der Waals surface area contributed by atoms with Crippen LogP contribution in [0.1, 0.15) is 35.1 Å². The van der Waals surface area contributed by atoms with Gasteiger partial charge in [-0.05, 0) is 26.3 Å². The molecular weight excluding hydrogens is 306 g/mol. The SMILES string of the molecule is CC(=O)N1CCCN(C(=O)c2cc(C)nc3c2c(C)nn3C)CC1. The highest BCUT2D eigenvalue weighted by Crippen LogP contribution is 2.23. The van der Waals surface area contributed by atoms with E-state index < -0.39 is 0 Å². The van der Waals surface area contributed by atoms with E-state index in [1.165, 1.54) is 0 Å². The van der Waals surface area contributed by atoms with Crippen molar-refractivity contribution in [2.45, 2.75) is 27.2 Å². The second-order valence-corrected chi connectivity index (χ2v) is 6.37. The molecule has 0 unspecified atom stereocenters. The number of amides is 2. The predicted molar refractivity (Wildman–Crippen MR) is 90.8 cm³/mol. The molecule has 7 heteroatoms. The molecule has 0 N–H and O–H groups in total. The van der Waals surface area contributed by atoms with Crippen molar-refractivity contribution < 1.29 is 9.59 Å². The number of carbonyl (C=O) groups is 2. The zero-order valence-corrected chi connectivity index (χ0v) is 14.7. The van der Waals surface area contributed by atoms with E-state index in [9.17, 15) is 9.59 Å². The first-order valence-electron chi connectivity index (χ1n) is 8.24. The van der Waals surface area contributed by atoms with Gasteiger partial charge < -0.3 is 9.80 Å². The van der Waals surface area contributed by atoms with Crippen LogP contribution in [0.15, 0.2) is 6.07 Å². The Morgan fingerprint density at radius 1 is 1.08 bits per heavy atom. The predicted octanol–water partition coefficient (Wildman–Crippen LogP) is 1.28. The average molecular weight is 329 g/mol. The third-order valence-electron chi connectivity index (χ3n) is 4.56. The average Bonchev–Trinajstić information content (AvgIpc) is 2.72. The summed E-state index contributed by atoms with van der Waals surface area (Å²) in [4.78, 5) is 32.8. The number of fused-ring (bicyclic) bond motifs is 1. The molecule has 1 aliphatic rings. The van der Waals surface area contributed by atoms with Crippen LogP contribution in [0.25, 0.3) is 11.0 Å². The summed E-state index contributed by atoms with van der Waals surface area (Å²) in [5, 5.41) is 5.22. The highest BCUT2D eigenvalue weighted by Gasteiger charge is 2.25. The summed E-state index contributed by atoms with van der Waals surface area (Å²) in [6, 6.07) is 1.84. The van der Waals surface area contributed by atoms with Gasteiger partial charge in [-0.2, -0.15) is 5.10 Å². The first-order valence-corrected chi connectivity index (χ1v) is 8.24. The maximum absolute atomic E-state index is 13.1. The van der Waals surface area contributed by atoms with Gasteiger partial charge in [0, 0.05) is 45.8 Å². The molecule has 7 nitrogen and oxygen atoms in total. The minimum absolute atomic E-state index is 0.00741. The van der Waals surface area contributed by atoms with Crippen LogP contribution in [0.3, 0.4) is 0 Å². The number of rotatable bonds is 1. The van der Waals surface area contributed by atoms with Crippen molar-refractivity contribution in [2.75, 3.05) is 26.2 Å². The quantitative estimate of drug-likeness (QED) is 0.790. The normalized spacial score (nSPS) is 15.7. The molecule has 0 spiro atoms. The molecule has 0 radical (unpaired) electrons. The van der Waals surface area contributed by atoms with Gasteiger partial charge in [0.25, 0.3) is 5.91 Å². The Labute approximate surface area is 141 Å². The van der Waals surface area contributed by atoms with Crippen LogP contribution in [0.2, 0.25) is 0 Å². The molecule has 1 aliphatic heterocycles. The van der Waals surface area contributed by atoms with Gasteiger partial charge >= 0.3 is 0 Å². The van der Waals surface area contributed by atoms with Gasteiger partial charge in [-0.3, -0.25) is 14.3 Å². The van der Waals surface area contributed by atoms with Gasteiger partial charge in [0.15, 0.2) is 5.65 Å². The number of carbonyl (C=O) groups excluding carboxylic acids is 2. The minimum Gasteiger partial charge on any atom is -0.341 e. The van der Waals surface area contributed by atoms with Crippen molar-refractivity contribution in [1.82, 2.24) is 24.6 Å². The summed E-state index contributed by atoms with van der Waals surface area (Å²) >= 11 is 0. The summed E-state index contributed by atoms with van der Waals surface area (Å²) in [6.45, 7) is 7.86. The monoisotopic (exact) mass is 329 g/mol. The Hall–Kier alpha value is -2.44. The maximum Gasteiger partial charge on any atom is 0.254 e. The summed E-state index contributed by atoms with van der Waals surface area (Å²) in [6.07, 6.45) is 0.796. The van der Waals surface area contributed by atoms with E-state index in [0.29, 0.717) is 31.7 Å². The summed E-state index contributed by atoms with van der Waals surface area (Å²) in [5.74, 6) is 0.0570. The number of pyridine rings is 1. The van der Waals surface area contributed by atoms with E-state index in [-0.39, 0.29) is 11.8 Å². The van der Waals surface area contributed by atoms with Crippen LogP contribution in [0, 0.1) is 13.8 Å². The molecule has 2 aromatic rings. The zero-order chi connectivity index (χ0) is 17.4. The topological polar surface area (TPSA) is 71.3 Å². The first-order chi connectivity index (χ1) is 11.4. The lowest BCUT2D eigenvalue weighted by Gasteiger charge is -2.22. The van der Waals surface area contributed by atoms with Crippen LogP contribution >= 0.6 is 0 Å². The molecule has 0 saturated carbocycles. The van der Waals surface area contributed by atoms with Crippen molar-refractivity contribution in [2.24, 2.45) is 7.05 Å². The lowest BCUT2D eigenvalue weighted by molar-refractivity contribution is -0.128. The third kappa shape index (κ3) is 2.86. The smallest absolute Gasteiger partial charge is 0.254 e. The molecule has 128 valence electrons. The number of hydrogen-bond acceptors (Lipinski definition) is 4. The summed E-state index contributed by atoms with van der Waals surface area (Å²) in [7, 11) is 1.84. The molecule has 0 aliphatic carbocycles. The van der Waals surface area contributed by atoms with Crippen LogP contribution in [0.5, 0.6) is 0 Å². The molecule has 3 rings (SSSR count). The van der Waals surface area contributed by atoms with Crippen molar-refractivity contribution >= 4 is 22.8 Å². The van der Waals surface area contributed by atoms with E-state index in [1.807, 2.05) is 31.9 Å². The van der Waals surface area contributed by atoms with Crippen LogP contribution < -0.4 is 0 Å². The molecule has 0 aromatic carbocycles. The molecular formula is C17H23N5O2. The van der Waals surface area contributed by atoms with Gasteiger partial charge in [0.05, 0.1) is 16.6 Å². The molecule has 0 atom stereocenters. The molecule has 2 aromatic heterocycles. The fourth-order valence-electron chi connectivity index (χ4n) is 3.34. The number of hydrogen-bond donors (Lipinski definition) is 0. The standard InChI is InChI=1S/C17H23N5O2/c1-11-10-14(15-12(2)19-20(4)16(15)18-11)17(24)22-7-5-6-21(8-9-22)13(3)23/h10H,5-9H2,1-4H3. The van der Waals surface area contributed by atoms with Gasteiger partial charge in [-0.25, -0.2) is 4.98 Å². The van der Waals surface area contributed by atoms with E-state index in [4.69, 9.17) is 0 Å². The second-order valence-electron chi connectivity index (χ2n) is 6.37. The summed E-state index contributed by atoms with van der Waals surface area (Å²) in [5.41, 5.74) is 2.99. The summed E-state index contributed by atoms with van der Waals surface area (Å²) < 4.78 is 1.72. The Balaban J connectivity index is 1.95. The number of aryl methyl sites for hydroxylation is 3. The van der Waals surface area contributed by atoms with Gasteiger partial charge in [0.1, 0.15) is 0 Å². The number of aromatic nitrogens is 3. The van der Waals surface area contributed by atoms with E-state index in [2.05, 4.69) is 10.1 Å². The molecule has 24 heavy (non-hydrogen) atoms. The van der Waals surface area contributed by atoms with Crippen LogP contribution in [0.4, 0.5) is 0 Å². The Morgan fingerprint density at radius 2 is 1.75 bits per heavy atom. The van der Waals surface area contributed by atoms with Crippen molar-refractivity contribution in [3.8, 4) is 0 Å². The van der Waals surface area contributed by atoms with Gasteiger partial charge in [0.2, 0.25) is 5.91 Å². The maximum atomic E-state index is 13.1. The fourth-order valence-corrected chi connectivity index (χ4v) is 3.34. The second kappa shape index (κ2) is 6.22. The highest BCUT2D eigenvalue weighted by atomic mass is 16.2. The van der Waals surface area contributed by atoms with E-state index in [1.54, 1.807) is 16.5 Å². The lowest BCUT2D eigenvalue weighted by Crippen LogP contribution is -2.36. The third-order valence-corrected chi connectivity index (χ3v) is 4.56. The number of nitrogens with zero attached hydrogens (tertiary/aromatic N) is 5. The van der Waals surface area contributed by atoms with Crippen molar-refractivity contribution in [1.29, 1.82) is 0 Å². The van der Waals surface area contributed by atoms with E-state index in [0.717, 1.165) is 28.8 Å². The molecule has 1 saturated heterocycles.